The molecule has 0 atom stereocenters. The van der Waals surface area contributed by atoms with E-state index in [-0.39, 0.29) is 48.5 Å². The van der Waals surface area contributed by atoms with Crippen molar-refractivity contribution in [1.29, 1.82) is 0 Å². The Morgan fingerprint density at radius 2 is 1.02 bits per heavy atom. The maximum atomic E-state index is 12.4. The van der Waals surface area contributed by atoms with Gasteiger partial charge in [-0.3, -0.25) is 9.59 Å². The van der Waals surface area contributed by atoms with E-state index in [0.29, 0.717) is 24.2 Å². The normalized spacial score (nSPS) is 12.3. The minimum Gasteiger partial charge on any atom is -0.493 e. The first-order chi connectivity index (χ1) is 20.5. The minimum absolute atomic E-state index is 0.00967. The van der Waals surface area contributed by atoms with Gasteiger partial charge in [0.05, 0.1) is 11.0 Å². The van der Waals surface area contributed by atoms with Crippen molar-refractivity contribution in [1.82, 2.24) is 9.13 Å². The summed E-state index contributed by atoms with van der Waals surface area (Å²) in [7, 11) is 0. The monoisotopic (exact) mass is 586 g/mol. The third-order valence-electron chi connectivity index (χ3n) is 7.55. The molecule has 43 heavy (non-hydrogen) atoms. The molecule has 10 heteroatoms. The Labute approximate surface area is 252 Å². The highest BCUT2D eigenvalue weighted by atomic mass is 16.3. The summed E-state index contributed by atoms with van der Waals surface area (Å²) >= 11 is 0. The topological polar surface area (TPSA) is 134 Å². The van der Waals surface area contributed by atoms with Gasteiger partial charge in [-0.1, -0.05) is 42.5 Å². The first-order valence-corrected chi connectivity index (χ1v) is 15.1. The lowest BCUT2D eigenvalue weighted by Crippen LogP contribution is -1.99. The first-order valence-electron chi connectivity index (χ1n) is 15.1. The molecular formula is C33H42N6O4. The highest BCUT2D eigenvalue weighted by Crippen LogP contribution is 2.42. The van der Waals surface area contributed by atoms with Crippen LogP contribution in [0.15, 0.2) is 56.9 Å². The molecule has 0 bridgehead atoms. The standard InChI is InChI=1S/C33H42N6O4/c1-20(2)38-26-16-14-22(5)18-24(26)30(32(38)42)36-34-28(40)12-10-8-7-9-11-13-29(41)35-37-31-25-19-23(6)15-17-27(25)39(21(3)4)33(31)43/h14-21,42-43H,7-13H2,1-6H3. The van der Waals surface area contributed by atoms with E-state index in [9.17, 15) is 19.8 Å². The maximum Gasteiger partial charge on any atom is 0.264 e. The highest BCUT2D eigenvalue weighted by molar-refractivity contribution is 5.96. The van der Waals surface area contributed by atoms with Crippen LogP contribution in [0.1, 0.15) is 95.9 Å². The van der Waals surface area contributed by atoms with Gasteiger partial charge in [-0.15, -0.1) is 20.5 Å². The molecule has 10 nitrogen and oxygen atoms in total. The lowest BCUT2D eigenvalue weighted by molar-refractivity contribution is -0.119. The molecule has 0 radical (unpaired) electrons. The molecule has 4 aromatic rings. The van der Waals surface area contributed by atoms with Crippen molar-refractivity contribution in [3.05, 3.63) is 47.5 Å². The predicted molar refractivity (Wildman–Crippen MR) is 169 cm³/mol. The van der Waals surface area contributed by atoms with E-state index < -0.39 is 0 Å². The van der Waals surface area contributed by atoms with Crippen molar-refractivity contribution in [3.8, 4) is 11.8 Å². The number of aromatic hydroxyl groups is 2. The molecule has 0 saturated heterocycles. The Morgan fingerprint density at radius 3 is 1.40 bits per heavy atom. The van der Waals surface area contributed by atoms with Crippen molar-refractivity contribution >= 4 is 45.0 Å². The van der Waals surface area contributed by atoms with E-state index in [1.165, 1.54) is 0 Å². The molecule has 2 aromatic heterocycles. The number of aryl methyl sites for hydroxylation is 2. The zero-order chi connectivity index (χ0) is 31.3. The number of azo groups is 2. The molecular weight excluding hydrogens is 544 g/mol. The van der Waals surface area contributed by atoms with Crippen LogP contribution in [0.2, 0.25) is 0 Å². The van der Waals surface area contributed by atoms with Crippen LogP contribution in [0.5, 0.6) is 11.8 Å². The van der Waals surface area contributed by atoms with Gasteiger partial charge in [-0.05, 0) is 78.6 Å². The summed E-state index contributed by atoms with van der Waals surface area (Å²) in [5.74, 6) is -0.637. The number of hydrogen-bond acceptors (Lipinski definition) is 6. The molecule has 2 amide bonds. The van der Waals surface area contributed by atoms with Gasteiger partial charge in [0.1, 0.15) is 0 Å². The zero-order valence-corrected chi connectivity index (χ0v) is 26.0. The van der Waals surface area contributed by atoms with Crippen LogP contribution in [-0.2, 0) is 9.59 Å². The summed E-state index contributed by atoms with van der Waals surface area (Å²) in [6.07, 6.45) is 4.41. The molecule has 0 fully saturated rings. The Bertz CT molecular complexity index is 1570. The van der Waals surface area contributed by atoms with Gasteiger partial charge >= 0.3 is 0 Å². The van der Waals surface area contributed by atoms with Crippen LogP contribution in [-0.4, -0.2) is 31.2 Å². The van der Waals surface area contributed by atoms with Crippen LogP contribution in [0.25, 0.3) is 21.8 Å². The van der Waals surface area contributed by atoms with Crippen LogP contribution < -0.4 is 0 Å². The van der Waals surface area contributed by atoms with Gasteiger partial charge in [0.2, 0.25) is 11.8 Å². The SMILES string of the molecule is Cc1ccc2c(c1)c(N=NC(=O)CCCCCCCC(=O)N=Nc1c(O)n(C(C)C)c3ccc(C)cc13)c(O)n2C(C)C. The number of hydrogen-bond donors (Lipinski definition) is 2. The number of nitrogens with zero attached hydrogens (tertiary/aromatic N) is 6. The fourth-order valence-electron chi connectivity index (χ4n) is 5.43. The van der Waals surface area contributed by atoms with Gasteiger partial charge in [0.15, 0.2) is 11.4 Å². The summed E-state index contributed by atoms with van der Waals surface area (Å²) in [5, 5.41) is 39.1. The molecule has 0 aliphatic heterocycles. The molecule has 228 valence electrons. The molecule has 2 N–H and O–H groups in total. The van der Waals surface area contributed by atoms with Crippen LogP contribution in [0.4, 0.5) is 11.4 Å². The van der Waals surface area contributed by atoms with E-state index in [0.717, 1.165) is 52.2 Å². The fraction of sp³-hybridized carbons (Fsp3) is 0.455. The molecule has 0 spiro atoms. The predicted octanol–water partition coefficient (Wildman–Crippen LogP) is 9.44. The number of aromatic nitrogens is 2. The van der Waals surface area contributed by atoms with Crippen molar-refractivity contribution in [3.63, 3.8) is 0 Å². The smallest absolute Gasteiger partial charge is 0.264 e. The van der Waals surface area contributed by atoms with E-state index in [2.05, 4.69) is 20.5 Å². The summed E-state index contributed by atoms with van der Waals surface area (Å²) in [6, 6.07) is 11.8. The van der Waals surface area contributed by atoms with E-state index in [1.807, 2.05) is 77.9 Å². The van der Waals surface area contributed by atoms with Gasteiger partial charge in [-0.2, -0.15) is 0 Å². The Hall–Kier alpha value is -4.34. The highest BCUT2D eigenvalue weighted by Gasteiger charge is 2.20. The molecule has 2 aromatic carbocycles. The van der Waals surface area contributed by atoms with Gasteiger partial charge in [0.25, 0.3) is 11.8 Å². The third-order valence-corrected chi connectivity index (χ3v) is 7.55. The van der Waals surface area contributed by atoms with Crippen molar-refractivity contribution in [2.24, 2.45) is 20.5 Å². The molecule has 2 heterocycles. The number of unbranched alkanes of at least 4 members (excludes halogenated alkanes) is 4. The Balaban J connectivity index is 1.22. The summed E-state index contributed by atoms with van der Waals surface area (Å²) < 4.78 is 3.57. The van der Waals surface area contributed by atoms with Crippen molar-refractivity contribution in [2.75, 3.05) is 0 Å². The number of carbonyl (C=O) groups is 2. The number of rotatable bonds is 12. The van der Waals surface area contributed by atoms with Gasteiger partial charge in [0, 0.05) is 35.7 Å². The number of benzene rings is 2. The first kappa shape index (κ1) is 31.6. The second kappa shape index (κ2) is 13.8. The lowest BCUT2D eigenvalue weighted by Gasteiger charge is -2.10. The summed E-state index contributed by atoms with van der Waals surface area (Å²) in [4.78, 5) is 24.7. The largest absolute Gasteiger partial charge is 0.493 e. The fourth-order valence-corrected chi connectivity index (χ4v) is 5.43. The second-order valence-corrected chi connectivity index (χ2v) is 11.8. The van der Waals surface area contributed by atoms with Crippen LogP contribution >= 0.6 is 0 Å². The quantitative estimate of drug-likeness (QED) is 0.126. The average molecular weight is 587 g/mol. The van der Waals surface area contributed by atoms with Crippen molar-refractivity contribution < 1.29 is 19.8 Å². The van der Waals surface area contributed by atoms with Gasteiger partial charge in [-0.25, -0.2) is 0 Å². The third kappa shape index (κ3) is 7.18. The second-order valence-electron chi connectivity index (χ2n) is 11.8. The Morgan fingerprint density at radius 1 is 0.651 bits per heavy atom. The number of carbonyl (C=O) groups excluding carboxylic acids is 2. The Kier molecular flexibility index (Phi) is 10.1. The number of amides is 2. The maximum absolute atomic E-state index is 12.4. The van der Waals surface area contributed by atoms with E-state index in [4.69, 9.17) is 0 Å². The molecule has 0 unspecified atom stereocenters. The zero-order valence-electron chi connectivity index (χ0n) is 26.0. The molecule has 0 saturated carbocycles. The van der Waals surface area contributed by atoms with Crippen LogP contribution in [0, 0.1) is 13.8 Å². The van der Waals surface area contributed by atoms with Crippen LogP contribution in [0.3, 0.4) is 0 Å². The molecule has 4 rings (SSSR count). The van der Waals surface area contributed by atoms with E-state index in [1.54, 1.807) is 9.13 Å². The number of fused-ring (bicyclic) bond motifs is 2. The molecule has 0 aliphatic carbocycles. The minimum atomic E-state index is -0.328. The molecule has 0 aliphatic rings. The van der Waals surface area contributed by atoms with E-state index >= 15 is 0 Å². The lowest BCUT2D eigenvalue weighted by atomic mass is 10.1. The van der Waals surface area contributed by atoms with Crippen molar-refractivity contribution in [2.45, 2.75) is 98.6 Å². The average Bonchev–Trinajstić information content (AvgIpc) is 3.38. The summed E-state index contributed by atoms with van der Waals surface area (Å²) in [6.45, 7) is 11.8. The summed E-state index contributed by atoms with van der Waals surface area (Å²) in [5.41, 5.74) is 4.41. The van der Waals surface area contributed by atoms with Gasteiger partial charge < -0.3 is 19.3 Å².